The average molecular weight is 721 g/mol. The summed E-state index contributed by atoms with van der Waals surface area (Å²) >= 11 is 1.93. The highest BCUT2D eigenvalue weighted by molar-refractivity contribution is 7.23. The lowest BCUT2D eigenvalue weighted by molar-refractivity contribution is 0.760. The van der Waals surface area contributed by atoms with Crippen molar-refractivity contribution >= 4 is 54.1 Å². The Morgan fingerprint density at radius 3 is 1.51 bits per heavy atom. The highest BCUT2D eigenvalue weighted by Gasteiger charge is 2.24. The molecule has 1 aliphatic carbocycles. The largest absolute Gasteiger partial charge is 0.134 e. The number of aryl methyl sites for hydroxylation is 1. The van der Waals surface area contributed by atoms with Crippen LogP contribution >= 0.6 is 11.3 Å². The van der Waals surface area contributed by atoms with Crippen LogP contribution in [0.1, 0.15) is 30.0 Å². The van der Waals surface area contributed by atoms with Crippen LogP contribution in [0, 0.1) is 12.8 Å². The molecule has 8 aromatic carbocycles. The number of rotatable bonds is 6. The number of allylic oxidation sites excluding steroid dienone is 4. The molecule has 10 rings (SSSR count). The highest BCUT2D eigenvalue weighted by Crippen LogP contribution is 2.50. The molecule has 0 fully saturated rings. The monoisotopic (exact) mass is 720 g/mol. The van der Waals surface area contributed by atoms with Crippen molar-refractivity contribution in [3.05, 3.63) is 205 Å². The summed E-state index contributed by atoms with van der Waals surface area (Å²) in [5.74, 6) is 0.436. The Hall–Kier alpha value is -6.28. The smallest absolute Gasteiger partial charge is 0.0434 e. The number of hydrogen-bond donors (Lipinski definition) is 0. The van der Waals surface area contributed by atoms with Crippen LogP contribution in [0.3, 0.4) is 0 Å². The van der Waals surface area contributed by atoms with Crippen LogP contribution in [-0.2, 0) is 0 Å². The molecule has 262 valence electrons. The fraction of sp³-hybridized carbons (Fsp3) is 0.0741. The molecule has 0 saturated heterocycles. The molecule has 0 bridgehead atoms. The number of benzene rings is 8. The first-order valence-corrected chi connectivity index (χ1v) is 20.1. The van der Waals surface area contributed by atoms with E-state index in [0.717, 1.165) is 6.42 Å². The third-order valence-corrected chi connectivity index (χ3v) is 12.8. The van der Waals surface area contributed by atoms with Crippen molar-refractivity contribution in [1.29, 1.82) is 0 Å². The first-order valence-electron chi connectivity index (χ1n) is 19.3. The standard InChI is InChI=1S/C54H40S/c1-35-17-9-10-23-41(35)49-36(2)18-15-28-46(49)47-29-16-30-48-52(38-21-7-4-8-22-38)53(55-54(47)48)40-33-31-39(32-34-40)51-44-26-13-11-24-42(44)50(37-19-5-3-6-20-37)43-25-12-14-27-45(43)51/h3-17,19-34,36H,18H2,1-2H3. The van der Waals surface area contributed by atoms with Gasteiger partial charge >= 0.3 is 0 Å². The van der Waals surface area contributed by atoms with E-state index in [1.165, 1.54) is 103 Å². The second-order valence-electron chi connectivity index (χ2n) is 14.8. The van der Waals surface area contributed by atoms with Gasteiger partial charge < -0.3 is 0 Å². The van der Waals surface area contributed by atoms with Crippen LogP contribution in [0.25, 0.3) is 86.6 Å². The van der Waals surface area contributed by atoms with E-state index in [4.69, 9.17) is 0 Å². The SMILES string of the molecule is Cc1ccccc1C1=C(c2cccc3c(-c4ccccc4)c(-c4ccc(-c5c6ccccc6c(-c6ccccc6)c6ccccc56)cc4)sc23)C=CCC1C. The minimum atomic E-state index is 0.436. The lowest BCUT2D eigenvalue weighted by Crippen LogP contribution is -2.06. The summed E-state index contributed by atoms with van der Waals surface area (Å²) in [7, 11) is 0. The van der Waals surface area contributed by atoms with Crippen molar-refractivity contribution in [3.63, 3.8) is 0 Å². The van der Waals surface area contributed by atoms with Gasteiger partial charge in [0.2, 0.25) is 0 Å². The molecule has 0 N–H and O–H groups in total. The van der Waals surface area contributed by atoms with E-state index < -0.39 is 0 Å². The van der Waals surface area contributed by atoms with Gasteiger partial charge in [-0.25, -0.2) is 0 Å². The Balaban J connectivity index is 1.18. The summed E-state index contributed by atoms with van der Waals surface area (Å²) in [5, 5.41) is 6.42. The van der Waals surface area contributed by atoms with Gasteiger partial charge in [0.1, 0.15) is 0 Å². The zero-order chi connectivity index (χ0) is 36.9. The van der Waals surface area contributed by atoms with E-state index in [1.54, 1.807) is 0 Å². The lowest BCUT2D eigenvalue weighted by atomic mass is 9.80. The Kier molecular flexibility index (Phi) is 8.39. The van der Waals surface area contributed by atoms with Crippen molar-refractivity contribution in [1.82, 2.24) is 0 Å². The summed E-state index contributed by atoms with van der Waals surface area (Å²) in [6.45, 7) is 4.62. The first kappa shape index (κ1) is 33.3. The van der Waals surface area contributed by atoms with E-state index in [2.05, 4.69) is 202 Å². The molecule has 1 aromatic heterocycles. The number of thiophene rings is 1. The van der Waals surface area contributed by atoms with Gasteiger partial charge in [-0.1, -0.05) is 195 Å². The average Bonchev–Trinajstić information content (AvgIpc) is 3.64. The van der Waals surface area contributed by atoms with Gasteiger partial charge in [0, 0.05) is 20.5 Å². The quantitative estimate of drug-likeness (QED) is 0.150. The summed E-state index contributed by atoms with van der Waals surface area (Å²) in [6, 6.07) is 64.8. The lowest BCUT2D eigenvalue weighted by Gasteiger charge is -2.24. The maximum absolute atomic E-state index is 2.38. The minimum absolute atomic E-state index is 0.436. The van der Waals surface area contributed by atoms with Crippen LogP contribution in [0.4, 0.5) is 0 Å². The first-order chi connectivity index (χ1) is 27.2. The molecule has 1 heteroatoms. The highest BCUT2D eigenvalue weighted by atomic mass is 32.1. The van der Waals surface area contributed by atoms with E-state index in [1.807, 2.05) is 11.3 Å². The summed E-state index contributed by atoms with van der Waals surface area (Å²) in [4.78, 5) is 1.31. The summed E-state index contributed by atoms with van der Waals surface area (Å²) in [5.41, 5.74) is 15.7. The molecule has 0 radical (unpaired) electrons. The Labute approximate surface area is 327 Å². The second-order valence-corrected chi connectivity index (χ2v) is 15.8. The van der Waals surface area contributed by atoms with Crippen LogP contribution in [0.15, 0.2) is 188 Å². The van der Waals surface area contributed by atoms with Crippen LogP contribution in [0.5, 0.6) is 0 Å². The zero-order valence-corrected chi connectivity index (χ0v) is 31.9. The third-order valence-electron chi connectivity index (χ3n) is 11.5. The minimum Gasteiger partial charge on any atom is -0.134 e. The third kappa shape index (κ3) is 5.66. The topological polar surface area (TPSA) is 0 Å². The van der Waals surface area contributed by atoms with E-state index in [-0.39, 0.29) is 0 Å². The number of fused-ring (bicyclic) bond motifs is 3. The van der Waals surface area contributed by atoms with Crippen LogP contribution < -0.4 is 0 Å². The zero-order valence-electron chi connectivity index (χ0n) is 31.1. The van der Waals surface area contributed by atoms with Crippen LogP contribution in [0.2, 0.25) is 0 Å². The molecule has 1 unspecified atom stereocenters. The molecule has 0 aliphatic heterocycles. The Morgan fingerprint density at radius 2 is 0.909 bits per heavy atom. The van der Waals surface area contributed by atoms with Gasteiger partial charge in [0.25, 0.3) is 0 Å². The molecule has 0 saturated carbocycles. The fourth-order valence-electron chi connectivity index (χ4n) is 8.95. The van der Waals surface area contributed by atoms with Crippen LogP contribution in [-0.4, -0.2) is 0 Å². The van der Waals surface area contributed by atoms with Crippen molar-refractivity contribution in [2.24, 2.45) is 5.92 Å². The van der Waals surface area contributed by atoms with E-state index in [9.17, 15) is 0 Å². The summed E-state index contributed by atoms with van der Waals surface area (Å²) < 4.78 is 1.34. The normalized spacial score (nSPS) is 14.3. The van der Waals surface area contributed by atoms with E-state index in [0.29, 0.717) is 5.92 Å². The Bertz CT molecular complexity index is 2880. The molecule has 55 heavy (non-hydrogen) atoms. The van der Waals surface area contributed by atoms with Crippen molar-refractivity contribution < 1.29 is 0 Å². The molecule has 1 heterocycles. The summed E-state index contributed by atoms with van der Waals surface area (Å²) in [6.07, 6.45) is 5.80. The van der Waals surface area contributed by atoms with Crippen molar-refractivity contribution in [3.8, 4) is 43.8 Å². The molecule has 1 atom stereocenters. The predicted molar refractivity (Wildman–Crippen MR) is 239 cm³/mol. The molecular weight excluding hydrogens is 681 g/mol. The second kappa shape index (κ2) is 13.9. The van der Waals surface area contributed by atoms with Gasteiger partial charge in [-0.15, -0.1) is 11.3 Å². The fourth-order valence-corrected chi connectivity index (χ4v) is 10.3. The van der Waals surface area contributed by atoms with Gasteiger partial charge in [-0.2, -0.15) is 0 Å². The van der Waals surface area contributed by atoms with Gasteiger partial charge in [-0.3, -0.25) is 0 Å². The molecular formula is C54H40S. The molecule has 0 nitrogen and oxygen atoms in total. The van der Waals surface area contributed by atoms with E-state index >= 15 is 0 Å². The van der Waals surface area contributed by atoms with Gasteiger partial charge in [0.15, 0.2) is 0 Å². The maximum Gasteiger partial charge on any atom is 0.0434 e. The molecule has 1 aliphatic rings. The molecule has 0 spiro atoms. The Morgan fingerprint density at radius 1 is 0.436 bits per heavy atom. The molecule has 9 aromatic rings. The molecule has 0 amide bonds. The number of hydrogen-bond acceptors (Lipinski definition) is 1. The van der Waals surface area contributed by atoms with Gasteiger partial charge in [0.05, 0.1) is 0 Å². The predicted octanol–water partition coefficient (Wildman–Crippen LogP) is 15.7. The van der Waals surface area contributed by atoms with Crippen molar-refractivity contribution in [2.75, 3.05) is 0 Å². The maximum atomic E-state index is 2.38. The van der Waals surface area contributed by atoms with Gasteiger partial charge in [-0.05, 0) is 102 Å². The van der Waals surface area contributed by atoms with Crippen molar-refractivity contribution in [2.45, 2.75) is 20.3 Å².